The molecule has 0 amide bonds. The molecule has 252 valence electrons. The van der Waals surface area contributed by atoms with Crippen LogP contribution in [0.25, 0.3) is 0 Å². The van der Waals surface area contributed by atoms with Gasteiger partial charge in [0, 0.05) is 18.9 Å². The Morgan fingerprint density at radius 2 is 1.76 bits per heavy atom. The highest BCUT2D eigenvalue weighted by Gasteiger charge is 2.94. The Kier molecular flexibility index (Phi) is 6.87. The summed E-state index contributed by atoms with van der Waals surface area (Å²) < 4.78 is 36.4. The number of esters is 2. The summed E-state index contributed by atoms with van der Waals surface area (Å²) in [6.45, 7) is 3.03. The molecule has 9 aliphatic rings. The van der Waals surface area contributed by atoms with E-state index in [1.54, 1.807) is 37.3 Å². The lowest BCUT2D eigenvalue weighted by Gasteiger charge is -2.67. The van der Waals surface area contributed by atoms with Gasteiger partial charge in [-0.15, -0.1) is 0 Å². The molecule has 13 heteroatoms. The van der Waals surface area contributed by atoms with Crippen LogP contribution in [0.3, 0.4) is 0 Å². The van der Waals surface area contributed by atoms with Crippen molar-refractivity contribution in [1.29, 1.82) is 0 Å². The predicted molar refractivity (Wildman–Crippen MR) is 152 cm³/mol. The molecule has 15 atom stereocenters. The number of hydrogen-bond acceptors (Lipinski definition) is 13. The van der Waals surface area contributed by atoms with Crippen molar-refractivity contribution in [2.45, 2.75) is 99.9 Å². The van der Waals surface area contributed by atoms with Gasteiger partial charge in [-0.05, 0) is 69.4 Å². The lowest BCUT2D eigenvalue weighted by Crippen LogP contribution is -2.80. The second-order valence-corrected chi connectivity index (χ2v) is 15.0. The van der Waals surface area contributed by atoms with Gasteiger partial charge >= 0.3 is 11.9 Å². The van der Waals surface area contributed by atoms with Crippen molar-refractivity contribution in [2.75, 3.05) is 19.8 Å². The summed E-state index contributed by atoms with van der Waals surface area (Å²) in [7, 11) is 0. The normalized spacial score (nSPS) is 52.5. The molecule has 10 rings (SSSR count). The van der Waals surface area contributed by atoms with Crippen LogP contribution < -0.4 is 0 Å². The zero-order chi connectivity index (χ0) is 32.4. The van der Waals surface area contributed by atoms with E-state index >= 15 is 0 Å². The smallest absolute Gasteiger partial charge is 0.338 e. The van der Waals surface area contributed by atoms with E-state index in [1.165, 1.54) is 0 Å². The zero-order valence-electron chi connectivity index (χ0n) is 25.8. The summed E-state index contributed by atoms with van der Waals surface area (Å²) in [4.78, 5) is 26.3. The van der Waals surface area contributed by atoms with Crippen molar-refractivity contribution in [2.24, 2.45) is 34.5 Å². The fourth-order valence-corrected chi connectivity index (χ4v) is 10.4. The third-order valence-electron chi connectivity index (χ3n) is 13.1. The highest BCUT2D eigenvalue weighted by molar-refractivity contribution is 5.89. The van der Waals surface area contributed by atoms with E-state index in [-0.39, 0.29) is 43.8 Å². The molecule has 4 heterocycles. The van der Waals surface area contributed by atoms with Gasteiger partial charge in [-0.2, -0.15) is 0 Å². The third-order valence-corrected chi connectivity index (χ3v) is 13.1. The van der Waals surface area contributed by atoms with Crippen molar-refractivity contribution in [3.63, 3.8) is 0 Å². The van der Waals surface area contributed by atoms with Gasteiger partial charge < -0.3 is 54.0 Å². The molecule has 13 nitrogen and oxygen atoms in total. The molecule has 8 bridgehead atoms. The molecule has 4 aliphatic heterocycles. The summed E-state index contributed by atoms with van der Waals surface area (Å²) in [6, 6.07) is 8.47. The first-order valence-electron chi connectivity index (χ1n) is 16.3. The van der Waals surface area contributed by atoms with Gasteiger partial charge in [-0.3, -0.25) is 4.79 Å². The maximum Gasteiger partial charge on any atom is 0.338 e. The minimum Gasteiger partial charge on any atom is -0.462 e. The molecular weight excluding hydrogens is 604 g/mol. The van der Waals surface area contributed by atoms with E-state index < -0.39 is 89.3 Å². The second-order valence-electron chi connectivity index (χ2n) is 15.0. The van der Waals surface area contributed by atoms with Gasteiger partial charge in [0.25, 0.3) is 0 Å². The van der Waals surface area contributed by atoms with Crippen LogP contribution in [0.2, 0.25) is 0 Å². The Morgan fingerprint density at radius 3 is 2.48 bits per heavy atom. The summed E-state index contributed by atoms with van der Waals surface area (Å²) >= 11 is 0. The van der Waals surface area contributed by atoms with E-state index in [9.17, 15) is 35.1 Å². The summed E-state index contributed by atoms with van der Waals surface area (Å²) in [5.41, 5.74) is -3.95. The monoisotopic (exact) mass is 646 g/mol. The Morgan fingerprint density at radius 1 is 1.00 bits per heavy atom. The van der Waals surface area contributed by atoms with Crippen LogP contribution in [0.15, 0.2) is 30.3 Å². The summed E-state index contributed by atoms with van der Waals surface area (Å²) in [6.07, 6.45) is -5.82. The first-order chi connectivity index (χ1) is 21.8. The predicted octanol–water partition coefficient (Wildman–Crippen LogP) is 0.238. The van der Waals surface area contributed by atoms with E-state index in [4.69, 9.17) is 28.4 Å². The first kappa shape index (κ1) is 31.1. The second kappa shape index (κ2) is 10.2. The zero-order valence-corrected chi connectivity index (χ0v) is 25.8. The standard InChI is InChI=1S/C33H42O13/c1-29-14-32(40)21-11-33(29,31(21,28(45-29)46-32)15-42-25(38)16-6-4-3-5-7-16)44-26-24(37)23(36)22(35)20(43-26)13-41-27(39)30(2)18-9-8-17(12-34)19(30)10-18/h3-7,17-24,26,28,34-37,40H,8-15H2,1-2H3/t17-,18+,19+,20+,21?,22+,23-,24+,26-,28+,29-,30-,31?,32+,33-/m0/s1. The van der Waals surface area contributed by atoms with Gasteiger partial charge in [-0.25, -0.2) is 4.79 Å². The number of benzene rings is 1. The highest BCUT2D eigenvalue weighted by Crippen LogP contribution is 2.81. The number of carbonyl (C=O) groups excluding carboxylic acids is 2. The van der Waals surface area contributed by atoms with Gasteiger partial charge in [0.05, 0.1) is 16.4 Å². The number of ether oxygens (including phenoxy) is 6. The number of carbonyl (C=O) groups is 2. The molecule has 9 fully saturated rings. The van der Waals surface area contributed by atoms with E-state index in [0.717, 1.165) is 19.3 Å². The molecule has 0 spiro atoms. The van der Waals surface area contributed by atoms with Crippen LogP contribution in [0.1, 0.15) is 56.3 Å². The number of aliphatic hydroxyl groups is 5. The van der Waals surface area contributed by atoms with Crippen LogP contribution in [0, 0.1) is 34.5 Å². The first-order valence-corrected chi connectivity index (χ1v) is 16.3. The molecular formula is C33H42O13. The summed E-state index contributed by atoms with van der Waals surface area (Å²) in [5.74, 6) is -2.87. The molecule has 1 aromatic carbocycles. The molecule has 5 aliphatic carbocycles. The lowest BCUT2D eigenvalue weighted by molar-refractivity contribution is -0.424. The molecule has 0 aromatic heterocycles. The average molecular weight is 647 g/mol. The Bertz CT molecular complexity index is 1410. The molecule has 5 N–H and O–H groups in total. The summed E-state index contributed by atoms with van der Waals surface area (Å²) in [5, 5.41) is 54.0. The Balaban J connectivity index is 1.01. The van der Waals surface area contributed by atoms with E-state index in [1.807, 2.05) is 6.92 Å². The van der Waals surface area contributed by atoms with Crippen molar-refractivity contribution < 1.29 is 63.5 Å². The van der Waals surface area contributed by atoms with Crippen molar-refractivity contribution >= 4 is 11.9 Å². The topological polar surface area (TPSA) is 191 Å². The molecule has 1 aromatic rings. The fraction of sp³-hybridized carbons (Fsp3) is 0.758. The SMILES string of the molecule is C[C@]1(C(=O)OC[C@H]2O[C@@H](O[C@]34CC5C3(COC(=O)c3ccccc3)[C@H]3O[C@]5(O)C[C@]4(C)O3)[C@H](O)[C@@H](O)[C@@H]2O)[C@@H]2CC[C@@H](CO)[C@H]1C2. The van der Waals surface area contributed by atoms with Crippen LogP contribution in [-0.2, 0) is 33.2 Å². The number of rotatable bonds is 9. The molecule has 4 saturated heterocycles. The van der Waals surface area contributed by atoms with Crippen molar-refractivity contribution in [3.05, 3.63) is 35.9 Å². The van der Waals surface area contributed by atoms with Crippen LogP contribution in [-0.4, -0.2) is 111 Å². The molecule has 5 saturated carbocycles. The molecule has 2 unspecified atom stereocenters. The molecule has 0 radical (unpaired) electrons. The van der Waals surface area contributed by atoms with Crippen LogP contribution >= 0.6 is 0 Å². The highest BCUT2D eigenvalue weighted by atomic mass is 16.8. The number of hydrogen-bond donors (Lipinski definition) is 5. The van der Waals surface area contributed by atoms with Gasteiger partial charge in [0.15, 0.2) is 18.4 Å². The maximum atomic E-state index is 13.4. The minimum absolute atomic E-state index is 0.00749. The van der Waals surface area contributed by atoms with Crippen molar-refractivity contribution in [1.82, 2.24) is 0 Å². The van der Waals surface area contributed by atoms with Gasteiger partial charge in [-0.1, -0.05) is 18.2 Å². The van der Waals surface area contributed by atoms with E-state index in [2.05, 4.69) is 0 Å². The maximum absolute atomic E-state index is 13.4. The third kappa shape index (κ3) is 3.77. The number of aliphatic hydroxyl groups excluding tert-OH is 4. The van der Waals surface area contributed by atoms with Crippen LogP contribution in [0.5, 0.6) is 0 Å². The Labute approximate surface area is 265 Å². The minimum atomic E-state index is -1.69. The number of fused-ring (bicyclic) bond motifs is 2. The fourth-order valence-electron chi connectivity index (χ4n) is 10.4. The van der Waals surface area contributed by atoms with Gasteiger partial charge in [0.1, 0.15) is 48.8 Å². The largest absolute Gasteiger partial charge is 0.462 e. The van der Waals surface area contributed by atoms with Crippen LogP contribution in [0.4, 0.5) is 0 Å². The van der Waals surface area contributed by atoms with Crippen molar-refractivity contribution in [3.8, 4) is 0 Å². The quantitative estimate of drug-likeness (QED) is 0.230. The Hall–Kier alpha value is -2.20. The molecule has 46 heavy (non-hydrogen) atoms. The average Bonchev–Trinajstić information content (AvgIpc) is 3.24. The van der Waals surface area contributed by atoms with E-state index in [0.29, 0.717) is 5.56 Å². The van der Waals surface area contributed by atoms with Gasteiger partial charge in [0.2, 0.25) is 0 Å². The lowest BCUT2D eigenvalue weighted by atomic mass is 9.41.